The zero-order chi connectivity index (χ0) is 18.4. The number of rotatable bonds is 6. The second-order valence-corrected chi connectivity index (χ2v) is 6.15. The molecule has 0 aromatic heterocycles. The van der Waals surface area contributed by atoms with Crippen LogP contribution in [-0.4, -0.2) is 36.9 Å². The minimum absolute atomic E-state index is 0.202. The Hall–Kier alpha value is -2.53. The largest absolute Gasteiger partial charge is 0.496 e. The van der Waals surface area contributed by atoms with Crippen molar-refractivity contribution in [1.29, 1.82) is 0 Å². The lowest BCUT2D eigenvalue weighted by molar-refractivity contribution is -0.132. The van der Waals surface area contributed by atoms with E-state index >= 15 is 0 Å². The summed E-state index contributed by atoms with van der Waals surface area (Å²) in [5.41, 5.74) is 1.31. The number of nitrogens with zero attached hydrogens (tertiary/aromatic N) is 1. The molecular formula is C19H21ClN2O3. The van der Waals surface area contributed by atoms with Gasteiger partial charge < -0.3 is 15.0 Å². The molecule has 0 bridgehead atoms. The van der Waals surface area contributed by atoms with E-state index in [9.17, 15) is 9.59 Å². The van der Waals surface area contributed by atoms with Crippen molar-refractivity contribution in [2.75, 3.05) is 14.2 Å². The molecule has 0 heterocycles. The van der Waals surface area contributed by atoms with Crippen LogP contribution < -0.4 is 10.1 Å². The summed E-state index contributed by atoms with van der Waals surface area (Å²) >= 11 is 6.02. The molecule has 2 aromatic rings. The zero-order valence-electron chi connectivity index (χ0n) is 14.5. The summed E-state index contributed by atoms with van der Waals surface area (Å²) in [6.07, 6.45) is 0. The smallest absolute Gasteiger partial charge is 0.251 e. The van der Waals surface area contributed by atoms with Crippen LogP contribution in [0.5, 0.6) is 5.75 Å². The first-order valence-electron chi connectivity index (χ1n) is 7.85. The average Bonchev–Trinajstić information content (AvgIpc) is 2.61. The Balaban J connectivity index is 2.02. The normalized spacial score (nSPS) is 11.5. The summed E-state index contributed by atoms with van der Waals surface area (Å²) in [6, 6.07) is 13.4. The van der Waals surface area contributed by atoms with Crippen molar-refractivity contribution in [2.24, 2.45) is 0 Å². The number of hydrogen-bond acceptors (Lipinski definition) is 3. The van der Waals surface area contributed by atoms with E-state index in [1.54, 1.807) is 63.5 Å². The first kappa shape index (κ1) is 18.8. The molecule has 0 aliphatic heterocycles. The quantitative estimate of drug-likeness (QED) is 0.861. The average molecular weight is 361 g/mol. The van der Waals surface area contributed by atoms with Crippen LogP contribution in [0.2, 0.25) is 5.02 Å². The molecule has 0 fully saturated rings. The van der Waals surface area contributed by atoms with Gasteiger partial charge in [0, 0.05) is 29.7 Å². The molecule has 0 radical (unpaired) electrons. The van der Waals surface area contributed by atoms with Gasteiger partial charge in [0.2, 0.25) is 5.91 Å². The molecule has 0 spiro atoms. The van der Waals surface area contributed by atoms with Crippen LogP contribution >= 0.6 is 11.6 Å². The summed E-state index contributed by atoms with van der Waals surface area (Å²) in [7, 11) is 3.24. The Morgan fingerprint density at radius 2 is 1.88 bits per heavy atom. The zero-order valence-corrected chi connectivity index (χ0v) is 15.2. The van der Waals surface area contributed by atoms with Crippen molar-refractivity contribution in [3.8, 4) is 5.75 Å². The Morgan fingerprint density at radius 1 is 1.20 bits per heavy atom. The van der Waals surface area contributed by atoms with Crippen LogP contribution in [0.3, 0.4) is 0 Å². The van der Waals surface area contributed by atoms with Gasteiger partial charge in [-0.15, -0.1) is 0 Å². The highest BCUT2D eigenvalue weighted by atomic mass is 35.5. The molecule has 0 saturated carbocycles. The van der Waals surface area contributed by atoms with E-state index in [0.29, 0.717) is 22.9 Å². The minimum atomic E-state index is -0.650. The number of amides is 2. The van der Waals surface area contributed by atoms with Crippen molar-refractivity contribution in [1.82, 2.24) is 10.2 Å². The maximum absolute atomic E-state index is 12.5. The maximum atomic E-state index is 12.5. The number of nitrogens with one attached hydrogen (secondary N) is 1. The molecule has 2 aromatic carbocycles. The molecule has 0 aliphatic carbocycles. The van der Waals surface area contributed by atoms with Gasteiger partial charge >= 0.3 is 0 Å². The molecule has 1 atom stereocenters. The number of carbonyl (C=O) groups is 2. The van der Waals surface area contributed by atoms with Crippen LogP contribution in [0.4, 0.5) is 0 Å². The fraction of sp³-hybridized carbons (Fsp3) is 0.263. The molecule has 0 aliphatic rings. The van der Waals surface area contributed by atoms with Crippen molar-refractivity contribution in [2.45, 2.75) is 19.5 Å². The fourth-order valence-corrected chi connectivity index (χ4v) is 2.66. The van der Waals surface area contributed by atoms with E-state index < -0.39 is 6.04 Å². The highest BCUT2D eigenvalue weighted by Gasteiger charge is 2.21. The second kappa shape index (κ2) is 8.53. The van der Waals surface area contributed by atoms with E-state index in [0.717, 1.165) is 5.56 Å². The number of benzene rings is 2. The molecule has 132 valence electrons. The maximum Gasteiger partial charge on any atom is 0.251 e. The molecule has 25 heavy (non-hydrogen) atoms. The highest BCUT2D eigenvalue weighted by Crippen LogP contribution is 2.23. The number of hydrogen-bond donors (Lipinski definition) is 1. The van der Waals surface area contributed by atoms with E-state index in [2.05, 4.69) is 5.32 Å². The summed E-state index contributed by atoms with van der Waals surface area (Å²) in [5.74, 6) is 0.173. The molecule has 2 rings (SSSR count). The van der Waals surface area contributed by atoms with Gasteiger partial charge in [-0.05, 0) is 37.3 Å². The lowest BCUT2D eigenvalue weighted by atomic mass is 10.1. The van der Waals surface area contributed by atoms with Gasteiger partial charge in [0.1, 0.15) is 11.8 Å². The minimum Gasteiger partial charge on any atom is -0.496 e. The Bertz CT molecular complexity index is 750. The molecule has 1 unspecified atom stereocenters. The van der Waals surface area contributed by atoms with E-state index in [4.69, 9.17) is 16.3 Å². The Labute approximate surface area is 152 Å². The van der Waals surface area contributed by atoms with Crippen molar-refractivity contribution >= 4 is 23.4 Å². The lowest BCUT2D eigenvalue weighted by Gasteiger charge is -2.23. The van der Waals surface area contributed by atoms with Crippen LogP contribution in [-0.2, 0) is 11.3 Å². The van der Waals surface area contributed by atoms with Gasteiger partial charge in [0.05, 0.1) is 7.11 Å². The van der Waals surface area contributed by atoms with Crippen LogP contribution in [0, 0.1) is 0 Å². The summed E-state index contributed by atoms with van der Waals surface area (Å²) in [6.45, 7) is 1.99. The first-order valence-corrected chi connectivity index (χ1v) is 8.23. The highest BCUT2D eigenvalue weighted by molar-refractivity contribution is 6.30. The molecule has 0 saturated heterocycles. The number of carbonyl (C=O) groups excluding carboxylic acids is 2. The molecule has 6 heteroatoms. The third kappa shape index (κ3) is 4.97. The Kier molecular flexibility index (Phi) is 6.42. The predicted molar refractivity (Wildman–Crippen MR) is 97.8 cm³/mol. The second-order valence-electron chi connectivity index (χ2n) is 5.71. The topological polar surface area (TPSA) is 58.6 Å². The van der Waals surface area contributed by atoms with Gasteiger partial charge in [-0.25, -0.2) is 0 Å². The predicted octanol–water partition coefficient (Wildman–Crippen LogP) is 3.13. The number of halogens is 1. The van der Waals surface area contributed by atoms with E-state index in [1.807, 2.05) is 6.07 Å². The monoisotopic (exact) mass is 360 g/mol. The van der Waals surface area contributed by atoms with Crippen LogP contribution in [0.25, 0.3) is 0 Å². The molecule has 2 amide bonds. The summed E-state index contributed by atoms with van der Waals surface area (Å²) in [4.78, 5) is 26.2. The number of likely N-dealkylation sites (N-methyl/N-ethyl adjacent to an activating group) is 1. The van der Waals surface area contributed by atoms with Gasteiger partial charge in [-0.3, -0.25) is 9.59 Å². The third-order valence-corrected chi connectivity index (χ3v) is 4.02. The van der Waals surface area contributed by atoms with Gasteiger partial charge in [-0.1, -0.05) is 29.8 Å². The van der Waals surface area contributed by atoms with Gasteiger partial charge in [-0.2, -0.15) is 0 Å². The Morgan fingerprint density at radius 3 is 2.52 bits per heavy atom. The molecule has 5 nitrogen and oxygen atoms in total. The van der Waals surface area contributed by atoms with Gasteiger partial charge in [0.15, 0.2) is 0 Å². The van der Waals surface area contributed by atoms with Crippen LogP contribution in [0.15, 0.2) is 48.5 Å². The van der Waals surface area contributed by atoms with Crippen molar-refractivity contribution in [3.63, 3.8) is 0 Å². The lowest BCUT2D eigenvalue weighted by Crippen LogP contribution is -2.45. The number of ether oxygens (including phenoxy) is 1. The molecular weight excluding hydrogens is 340 g/mol. The SMILES string of the molecule is COc1ccc(Cl)cc1CN(C)C(=O)C(C)NC(=O)c1ccccc1. The van der Waals surface area contributed by atoms with Crippen molar-refractivity contribution in [3.05, 3.63) is 64.7 Å². The van der Waals surface area contributed by atoms with E-state index in [-0.39, 0.29) is 11.8 Å². The third-order valence-electron chi connectivity index (χ3n) is 3.78. The number of methoxy groups -OCH3 is 1. The standard InChI is InChI=1S/C19H21ClN2O3/c1-13(21-18(23)14-7-5-4-6-8-14)19(24)22(2)12-15-11-16(20)9-10-17(15)25-3/h4-11,13H,12H2,1-3H3,(H,21,23). The summed E-state index contributed by atoms with van der Waals surface area (Å²) < 4.78 is 5.30. The first-order chi connectivity index (χ1) is 11.9. The van der Waals surface area contributed by atoms with Gasteiger partial charge in [0.25, 0.3) is 5.91 Å². The summed E-state index contributed by atoms with van der Waals surface area (Å²) in [5, 5.41) is 3.29. The van der Waals surface area contributed by atoms with Crippen LogP contribution in [0.1, 0.15) is 22.8 Å². The molecule has 1 N–H and O–H groups in total. The fourth-order valence-electron chi connectivity index (χ4n) is 2.47. The van der Waals surface area contributed by atoms with E-state index in [1.165, 1.54) is 4.90 Å². The van der Waals surface area contributed by atoms with Crippen molar-refractivity contribution < 1.29 is 14.3 Å².